The van der Waals surface area contributed by atoms with Crippen molar-refractivity contribution in [3.63, 3.8) is 0 Å². The number of halogens is 1. The van der Waals surface area contributed by atoms with Crippen molar-refractivity contribution >= 4 is 6.03 Å². The lowest BCUT2D eigenvalue weighted by Crippen LogP contribution is -2.18. The summed E-state index contributed by atoms with van der Waals surface area (Å²) in [6.07, 6.45) is 2.08. The Morgan fingerprint density at radius 3 is 1.40 bits per heavy atom. The summed E-state index contributed by atoms with van der Waals surface area (Å²) in [7, 11) is 0. The quantitative estimate of drug-likeness (QED) is 0.499. The van der Waals surface area contributed by atoms with Gasteiger partial charge in [-0.15, -0.1) is 0 Å². The molecule has 0 fully saturated rings. The first kappa shape index (κ1) is 16.0. The van der Waals surface area contributed by atoms with Gasteiger partial charge in [0.15, 0.2) is 0 Å². The first-order valence-corrected chi connectivity index (χ1v) is 2.65. The van der Waals surface area contributed by atoms with Gasteiger partial charge in [0.2, 0.25) is 0 Å². The number of nitrogens with two attached hydrogens (primary N) is 2. The number of carbonyl (C=O) groups is 1. The van der Waals surface area contributed by atoms with Gasteiger partial charge in [0, 0.05) is 0 Å². The van der Waals surface area contributed by atoms with Gasteiger partial charge in [0.25, 0.3) is 0 Å². The molecule has 0 aliphatic rings. The summed E-state index contributed by atoms with van der Waals surface area (Å²) >= 11 is 0. The molecule has 0 aromatic rings. The van der Waals surface area contributed by atoms with Gasteiger partial charge in [-0.1, -0.05) is 11.6 Å². The molecule has 0 bridgehead atoms. The highest BCUT2D eigenvalue weighted by Gasteiger charge is 1.61. The molecule has 0 aliphatic heterocycles. The molecule has 4 heteroatoms. The maximum Gasteiger partial charge on any atom is 0.309 e. The van der Waals surface area contributed by atoms with Crippen LogP contribution < -0.4 is 11.5 Å². The first-order valence-electron chi connectivity index (χ1n) is 2.65. The lowest BCUT2D eigenvalue weighted by atomic mass is 10.3. The molecule has 0 atom stereocenters. The fraction of sp³-hybridized carbons (Fsp3) is 0.500. The highest BCUT2D eigenvalue weighted by Crippen LogP contribution is 1.82. The number of hydrogen-bond donors (Lipinski definition) is 2. The van der Waals surface area contributed by atoms with Crippen molar-refractivity contribution in [3.8, 4) is 0 Å². The SMILES string of the molecule is CC=C(C)C.F.NC(N)=O. The van der Waals surface area contributed by atoms with Gasteiger partial charge >= 0.3 is 6.03 Å². The highest BCUT2D eigenvalue weighted by molar-refractivity contribution is 5.69. The fourth-order valence-electron chi connectivity index (χ4n) is 0. The lowest BCUT2D eigenvalue weighted by molar-refractivity contribution is 0.256. The van der Waals surface area contributed by atoms with Crippen molar-refractivity contribution in [1.29, 1.82) is 0 Å². The third-order valence-corrected chi connectivity index (χ3v) is 0.577. The molecule has 0 radical (unpaired) electrons. The van der Waals surface area contributed by atoms with Crippen molar-refractivity contribution in [3.05, 3.63) is 11.6 Å². The maximum absolute atomic E-state index is 9.00. The standard InChI is InChI=1S/C5H10.CH4N2O.FH/c1-4-5(2)3;2-1(3)4;/h4H,1-3H3;(H4,2,3,4);1H. The number of carbonyl (C=O) groups excluding carboxylic acids is 1. The van der Waals surface area contributed by atoms with Crippen LogP contribution in [0.5, 0.6) is 0 Å². The third kappa shape index (κ3) is 277. The summed E-state index contributed by atoms with van der Waals surface area (Å²) in [6, 6.07) is -0.833. The van der Waals surface area contributed by atoms with E-state index in [1.807, 2.05) is 6.92 Å². The minimum Gasteiger partial charge on any atom is -0.352 e. The Bertz CT molecular complexity index is 104. The van der Waals surface area contributed by atoms with Crippen LogP contribution in [-0.2, 0) is 0 Å². The normalized spacial score (nSPS) is 5.90. The van der Waals surface area contributed by atoms with Crippen LogP contribution in [0.1, 0.15) is 20.8 Å². The van der Waals surface area contributed by atoms with Crippen LogP contribution in [0.2, 0.25) is 0 Å². The van der Waals surface area contributed by atoms with E-state index in [9.17, 15) is 0 Å². The third-order valence-electron chi connectivity index (χ3n) is 0.577. The number of hydrogen-bond acceptors (Lipinski definition) is 1. The number of amides is 2. The second-order valence-corrected chi connectivity index (χ2v) is 1.77. The van der Waals surface area contributed by atoms with E-state index < -0.39 is 6.03 Å². The summed E-state index contributed by atoms with van der Waals surface area (Å²) in [5, 5.41) is 0. The van der Waals surface area contributed by atoms with Crippen LogP contribution in [0.3, 0.4) is 0 Å². The van der Waals surface area contributed by atoms with Gasteiger partial charge in [0.1, 0.15) is 0 Å². The fourth-order valence-corrected chi connectivity index (χ4v) is 0. The highest BCUT2D eigenvalue weighted by atomic mass is 19.0. The smallest absolute Gasteiger partial charge is 0.309 e. The second-order valence-electron chi connectivity index (χ2n) is 1.77. The van der Waals surface area contributed by atoms with Gasteiger partial charge in [-0.2, -0.15) is 0 Å². The molecule has 0 spiro atoms. The maximum atomic E-state index is 9.00. The summed E-state index contributed by atoms with van der Waals surface area (Å²) in [6.45, 7) is 6.20. The molecule has 0 aromatic heterocycles. The van der Waals surface area contributed by atoms with Crippen molar-refractivity contribution in [2.24, 2.45) is 11.5 Å². The molecule has 0 rings (SSSR count). The number of primary amides is 2. The molecule has 0 heterocycles. The van der Waals surface area contributed by atoms with E-state index in [2.05, 4.69) is 31.4 Å². The van der Waals surface area contributed by atoms with Gasteiger partial charge in [-0.05, 0) is 20.8 Å². The molecule has 0 unspecified atom stereocenters. The molecule has 10 heavy (non-hydrogen) atoms. The molecule has 2 amide bonds. The Labute approximate surface area is 60.5 Å². The topological polar surface area (TPSA) is 69.1 Å². The molecular weight excluding hydrogens is 135 g/mol. The van der Waals surface area contributed by atoms with Crippen LogP contribution in [0.4, 0.5) is 9.50 Å². The zero-order chi connectivity index (χ0) is 7.86. The Kier molecular flexibility index (Phi) is 17.3. The first-order chi connectivity index (χ1) is 4.00. The Morgan fingerprint density at radius 2 is 1.40 bits per heavy atom. The van der Waals surface area contributed by atoms with E-state index in [1.54, 1.807) is 0 Å². The van der Waals surface area contributed by atoms with E-state index in [0.29, 0.717) is 0 Å². The Balaban J connectivity index is -0.0000000910. The predicted octanol–water partition coefficient (Wildman–Crippen LogP) is 1.15. The van der Waals surface area contributed by atoms with Crippen LogP contribution in [0.25, 0.3) is 0 Å². The number of urea groups is 1. The summed E-state index contributed by atoms with van der Waals surface area (Å²) in [5.41, 5.74) is 9.88. The number of rotatable bonds is 0. The summed E-state index contributed by atoms with van der Waals surface area (Å²) < 4.78 is 0. The lowest BCUT2D eigenvalue weighted by Gasteiger charge is -1.74. The van der Waals surface area contributed by atoms with Gasteiger partial charge in [-0.3, -0.25) is 4.70 Å². The molecule has 3 nitrogen and oxygen atoms in total. The van der Waals surface area contributed by atoms with Crippen LogP contribution >= 0.6 is 0 Å². The van der Waals surface area contributed by atoms with E-state index in [4.69, 9.17) is 4.79 Å². The average molecular weight is 150 g/mol. The zero-order valence-corrected chi connectivity index (χ0v) is 6.55. The van der Waals surface area contributed by atoms with Crippen LogP contribution in [0, 0.1) is 0 Å². The van der Waals surface area contributed by atoms with Crippen molar-refractivity contribution < 1.29 is 9.50 Å². The number of allylic oxidation sites excluding steroid dienone is 2. The molecule has 0 saturated carbocycles. The molecule has 62 valence electrons. The minimum atomic E-state index is -0.833. The van der Waals surface area contributed by atoms with E-state index in [1.165, 1.54) is 5.57 Å². The molecule has 0 aromatic carbocycles. The zero-order valence-electron chi connectivity index (χ0n) is 6.55. The Hall–Kier alpha value is -1.06. The van der Waals surface area contributed by atoms with Crippen LogP contribution in [-0.4, -0.2) is 6.03 Å². The van der Waals surface area contributed by atoms with Crippen molar-refractivity contribution in [2.75, 3.05) is 0 Å². The van der Waals surface area contributed by atoms with Gasteiger partial charge in [-0.25, -0.2) is 4.79 Å². The van der Waals surface area contributed by atoms with E-state index >= 15 is 0 Å². The van der Waals surface area contributed by atoms with E-state index in [-0.39, 0.29) is 4.70 Å². The molecular formula is C6H15FN2O. The minimum absolute atomic E-state index is 0. The molecule has 4 N–H and O–H groups in total. The molecule has 0 aliphatic carbocycles. The monoisotopic (exact) mass is 150 g/mol. The van der Waals surface area contributed by atoms with E-state index in [0.717, 1.165) is 0 Å². The van der Waals surface area contributed by atoms with Crippen molar-refractivity contribution in [1.82, 2.24) is 0 Å². The Morgan fingerprint density at radius 1 is 1.30 bits per heavy atom. The summed E-state index contributed by atoms with van der Waals surface area (Å²) in [5.74, 6) is 0. The predicted molar refractivity (Wildman–Crippen MR) is 41.4 cm³/mol. The van der Waals surface area contributed by atoms with Gasteiger partial charge in [0.05, 0.1) is 0 Å². The van der Waals surface area contributed by atoms with Crippen LogP contribution in [0.15, 0.2) is 11.6 Å². The average Bonchev–Trinajstić information content (AvgIpc) is 1.65. The molecule has 0 saturated heterocycles. The second kappa shape index (κ2) is 10.8. The summed E-state index contributed by atoms with van der Waals surface area (Å²) in [4.78, 5) is 9.00. The van der Waals surface area contributed by atoms with Crippen molar-refractivity contribution in [2.45, 2.75) is 20.8 Å². The van der Waals surface area contributed by atoms with Gasteiger partial charge < -0.3 is 11.5 Å². The largest absolute Gasteiger partial charge is 0.352 e.